The second-order valence-corrected chi connectivity index (χ2v) is 12.7. The largest absolute Gasteiger partial charge is 0.265 e. The topological polar surface area (TPSA) is 51.6 Å². The van der Waals surface area contributed by atoms with E-state index < -0.39 is 0 Å². The third-order valence-corrected chi connectivity index (χ3v) is 9.45. The first-order chi connectivity index (χ1) is 25.8. The Morgan fingerprint density at radius 3 is 1.15 bits per heavy atom. The molecule has 0 radical (unpaired) electrons. The average Bonchev–Trinajstić information content (AvgIpc) is 3.24. The quantitative estimate of drug-likeness (QED) is 0.170. The minimum absolute atomic E-state index is 0.629. The lowest BCUT2D eigenvalue weighted by atomic mass is 9.85. The number of hydrogen-bond donors (Lipinski definition) is 0. The summed E-state index contributed by atoms with van der Waals surface area (Å²) in [5.74, 6) is 1.91. The first-order valence-corrected chi connectivity index (χ1v) is 17.4. The summed E-state index contributed by atoms with van der Waals surface area (Å²) in [7, 11) is 0. The fourth-order valence-corrected chi connectivity index (χ4v) is 6.80. The van der Waals surface area contributed by atoms with Gasteiger partial charge in [0.15, 0.2) is 17.5 Å². The summed E-state index contributed by atoms with van der Waals surface area (Å²) in [5, 5.41) is 2.32. The molecule has 244 valence electrons. The summed E-state index contributed by atoms with van der Waals surface area (Å²) in [6.45, 7) is 0. The van der Waals surface area contributed by atoms with Gasteiger partial charge in [0.1, 0.15) is 0 Å². The van der Waals surface area contributed by atoms with Crippen LogP contribution in [0.1, 0.15) is 0 Å². The SMILES string of the molecule is c1ccc(-c2nc(-c3ccc(-c4cc(-c5ccccc5)c(-c5ccncc5)cc4-c4ccccc4)cc3)nc(-c3ccc4ccccc4c3)n2)cc1. The molecular weight excluding hydrogens is 633 g/mol. The van der Waals surface area contributed by atoms with Crippen molar-refractivity contribution in [3.8, 4) is 78.7 Å². The minimum atomic E-state index is 0.629. The first kappa shape index (κ1) is 31.0. The Hall–Kier alpha value is -7.04. The molecule has 0 N–H and O–H groups in total. The summed E-state index contributed by atoms with van der Waals surface area (Å²) in [5.41, 5.74) is 12.0. The highest BCUT2D eigenvalue weighted by atomic mass is 15.0. The van der Waals surface area contributed by atoms with Crippen LogP contribution in [0.15, 0.2) is 194 Å². The zero-order chi connectivity index (χ0) is 34.7. The summed E-state index contributed by atoms with van der Waals surface area (Å²) < 4.78 is 0. The molecule has 9 rings (SSSR count). The van der Waals surface area contributed by atoms with Crippen LogP contribution in [0.3, 0.4) is 0 Å². The standard InChI is InChI=1S/C48H32N4/c1-4-13-34(14-5-1)42-32-45(37-26-28-49-29-27-37)43(35-15-6-2-7-16-35)31-44(42)36-21-23-39(24-22-36)47-50-46(38-17-8-3-9-18-38)51-48(52-47)41-25-20-33-12-10-11-19-40(33)30-41/h1-32H. The van der Waals surface area contributed by atoms with Crippen molar-refractivity contribution < 1.29 is 0 Å². The van der Waals surface area contributed by atoms with Crippen LogP contribution >= 0.6 is 0 Å². The van der Waals surface area contributed by atoms with Gasteiger partial charge in [-0.15, -0.1) is 0 Å². The van der Waals surface area contributed by atoms with Crippen molar-refractivity contribution in [1.82, 2.24) is 19.9 Å². The molecule has 0 fully saturated rings. The van der Waals surface area contributed by atoms with Gasteiger partial charge in [0, 0.05) is 29.1 Å². The molecule has 52 heavy (non-hydrogen) atoms. The van der Waals surface area contributed by atoms with Crippen molar-refractivity contribution in [2.45, 2.75) is 0 Å². The van der Waals surface area contributed by atoms with Crippen molar-refractivity contribution >= 4 is 10.8 Å². The highest BCUT2D eigenvalue weighted by Gasteiger charge is 2.17. The molecule has 2 aromatic heterocycles. The van der Waals surface area contributed by atoms with Crippen molar-refractivity contribution in [2.75, 3.05) is 0 Å². The third kappa shape index (κ3) is 6.14. The highest BCUT2D eigenvalue weighted by Crippen LogP contribution is 2.42. The normalized spacial score (nSPS) is 11.1. The second-order valence-electron chi connectivity index (χ2n) is 12.7. The Labute approximate surface area is 302 Å². The van der Waals surface area contributed by atoms with Gasteiger partial charge >= 0.3 is 0 Å². The Morgan fingerprint density at radius 1 is 0.250 bits per heavy atom. The number of rotatable bonds is 7. The second kappa shape index (κ2) is 13.7. The molecule has 9 aromatic rings. The molecular formula is C48H32N4. The number of hydrogen-bond acceptors (Lipinski definition) is 4. The van der Waals surface area contributed by atoms with Crippen LogP contribution in [-0.4, -0.2) is 19.9 Å². The van der Waals surface area contributed by atoms with Gasteiger partial charge in [0.2, 0.25) is 0 Å². The summed E-state index contributed by atoms with van der Waals surface area (Å²) >= 11 is 0. The van der Waals surface area contributed by atoms with Crippen LogP contribution in [0.2, 0.25) is 0 Å². The summed E-state index contributed by atoms with van der Waals surface area (Å²) in [6, 6.07) is 63.4. The van der Waals surface area contributed by atoms with Crippen molar-refractivity contribution in [3.63, 3.8) is 0 Å². The third-order valence-electron chi connectivity index (χ3n) is 9.45. The van der Waals surface area contributed by atoms with Crippen LogP contribution in [0.5, 0.6) is 0 Å². The molecule has 0 aliphatic heterocycles. The molecule has 7 aromatic carbocycles. The maximum Gasteiger partial charge on any atom is 0.164 e. The van der Waals surface area contributed by atoms with Crippen LogP contribution in [0.25, 0.3) is 89.4 Å². The molecule has 0 unspecified atom stereocenters. The molecule has 0 spiro atoms. The van der Waals surface area contributed by atoms with E-state index in [1.165, 1.54) is 5.39 Å². The molecule has 0 saturated carbocycles. The van der Waals surface area contributed by atoms with Gasteiger partial charge in [-0.2, -0.15) is 0 Å². The lowest BCUT2D eigenvalue weighted by molar-refractivity contribution is 1.07. The zero-order valence-corrected chi connectivity index (χ0v) is 28.3. The maximum absolute atomic E-state index is 5.05. The van der Waals surface area contributed by atoms with Gasteiger partial charge < -0.3 is 0 Å². The van der Waals surface area contributed by atoms with E-state index in [1.54, 1.807) is 0 Å². The van der Waals surface area contributed by atoms with Crippen LogP contribution in [-0.2, 0) is 0 Å². The van der Waals surface area contributed by atoms with Gasteiger partial charge in [-0.25, -0.2) is 15.0 Å². The minimum Gasteiger partial charge on any atom is -0.265 e. The molecule has 0 amide bonds. The Morgan fingerprint density at radius 2 is 0.615 bits per heavy atom. The van der Waals surface area contributed by atoms with Gasteiger partial charge in [0.05, 0.1) is 0 Å². The van der Waals surface area contributed by atoms with E-state index in [4.69, 9.17) is 15.0 Å². The molecule has 4 nitrogen and oxygen atoms in total. The zero-order valence-electron chi connectivity index (χ0n) is 28.3. The van der Waals surface area contributed by atoms with E-state index >= 15 is 0 Å². The molecule has 0 aliphatic carbocycles. The smallest absolute Gasteiger partial charge is 0.164 e. The van der Waals surface area contributed by atoms with Crippen molar-refractivity contribution in [2.24, 2.45) is 0 Å². The lowest BCUT2D eigenvalue weighted by Gasteiger charge is -2.18. The monoisotopic (exact) mass is 664 g/mol. The van der Waals surface area contributed by atoms with E-state index in [0.717, 1.165) is 66.6 Å². The van der Waals surface area contributed by atoms with Crippen LogP contribution in [0, 0.1) is 0 Å². The number of aromatic nitrogens is 4. The number of pyridine rings is 1. The van der Waals surface area contributed by atoms with Gasteiger partial charge in [-0.1, -0.05) is 152 Å². The van der Waals surface area contributed by atoms with Crippen LogP contribution < -0.4 is 0 Å². The van der Waals surface area contributed by atoms with E-state index in [2.05, 4.69) is 157 Å². The first-order valence-electron chi connectivity index (χ1n) is 17.4. The average molecular weight is 665 g/mol. The summed E-state index contributed by atoms with van der Waals surface area (Å²) in [6.07, 6.45) is 3.71. The molecule has 0 bridgehead atoms. The Bertz CT molecular complexity index is 2640. The number of fused-ring (bicyclic) bond motifs is 1. The summed E-state index contributed by atoms with van der Waals surface area (Å²) in [4.78, 5) is 19.3. The fourth-order valence-electron chi connectivity index (χ4n) is 6.80. The molecule has 0 atom stereocenters. The highest BCUT2D eigenvalue weighted by molar-refractivity contribution is 5.95. The molecule has 2 heterocycles. The molecule has 0 saturated heterocycles. The lowest BCUT2D eigenvalue weighted by Crippen LogP contribution is -2.00. The Balaban J connectivity index is 1.19. The van der Waals surface area contributed by atoms with E-state index in [9.17, 15) is 0 Å². The maximum atomic E-state index is 5.05. The van der Waals surface area contributed by atoms with E-state index in [0.29, 0.717) is 17.5 Å². The molecule has 0 aliphatic rings. The molecule has 4 heteroatoms. The van der Waals surface area contributed by atoms with Gasteiger partial charge in [-0.05, 0) is 85.6 Å². The van der Waals surface area contributed by atoms with Gasteiger partial charge in [-0.3, -0.25) is 4.98 Å². The number of nitrogens with zero attached hydrogens (tertiary/aromatic N) is 4. The van der Waals surface area contributed by atoms with Crippen molar-refractivity contribution in [3.05, 3.63) is 194 Å². The fraction of sp³-hybridized carbons (Fsp3) is 0. The Kier molecular flexibility index (Phi) is 8.16. The van der Waals surface area contributed by atoms with Crippen molar-refractivity contribution in [1.29, 1.82) is 0 Å². The van der Waals surface area contributed by atoms with E-state index in [1.807, 2.05) is 42.7 Å². The van der Waals surface area contributed by atoms with Gasteiger partial charge in [0.25, 0.3) is 0 Å². The van der Waals surface area contributed by atoms with Crippen LogP contribution in [0.4, 0.5) is 0 Å². The predicted molar refractivity (Wildman–Crippen MR) is 213 cm³/mol. The van der Waals surface area contributed by atoms with E-state index in [-0.39, 0.29) is 0 Å². The number of benzene rings is 7. The predicted octanol–water partition coefficient (Wildman–Crippen LogP) is 12.1.